The molecule has 0 spiro atoms. The first kappa shape index (κ1) is 8.08. The molecule has 0 fully saturated rings. The number of anilines is 1. The Morgan fingerprint density at radius 1 is 1.55 bits per heavy atom. The molecule has 0 aromatic heterocycles. The van der Waals surface area contributed by atoms with Crippen molar-refractivity contribution in [2.75, 3.05) is 5.32 Å². The van der Waals surface area contributed by atoms with Crippen LogP contribution in [0.4, 0.5) is 5.69 Å². The summed E-state index contributed by atoms with van der Waals surface area (Å²) in [7, 11) is 0. The van der Waals surface area contributed by atoms with Crippen molar-refractivity contribution < 1.29 is 4.79 Å². The van der Waals surface area contributed by atoms with E-state index in [4.69, 9.17) is 11.6 Å². The van der Waals surface area contributed by atoms with Crippen LogP contribution in [0.3, 0.4) is 0 Å². The molecule has 1 aromatic rings. The Labute approximate surface area is 70.2 Å². The smallest absolute Gasteiger partial charge is 0.211 e. The highest BCUT2D eigenvalue weighted by Crippen LogP contribution is 2.24. The lowest BCUT2D eigenvalue weighted by atomic mass is 10.2. The molecule has 1 N–H and O–H groups in total. The Kier molecular flexibility index (Phi) is 2.49. The number of benzene rings is 1. The van der Waals surface area contributed by atoms with E-state index in [1.807, 2.05) is 19.1 Å². The van der Waals surface area contributed by atoms with Crippen molar-refractivity contribution in [2.24, 2.45) is 0 Å². The molecule has 0 bridgehead atoms. The quantitative estimate of drug-likeness (QED) is 0.676. The highest BCUT2D eigenvalue weighted by atomic mass is 35.5. The first-order valence-electron chi connectivity index (χ1n) is 3.21. The largest absolute Gasteiger partial charge is 0.327 e. The lowest BCUT2D eigenvalue weighted by Gasteiger charge is -2.04. The second-order valence-corrected chi connectivity index (χ2v) is 2.60. The Hall–Kier alpha value is -1.02. The number of halogens is 1. The third-order valence-electron chi connectivity index (χ3n) is 1.43. The molecule has 0 aliphatic heterocycles. The third kappa shape index (κ3) is 1.71. The van der Waals surface area contributed by atoms with Gasteiger partial charge in [-0.2, -0.15) is 0 Å². The van der Waals surface area contributed by atoms with Gasteiger partial charge in [-0.25, -0.2) is 0 Å². The molecular weight excluding hydrogens is 162 g/mol. The maximum absolute atomic E-state index is 10.1. The van der Waals surface area contributed by atoms with Crippen LogP contribution >= 0.6 is 11.6 Å². The fraction of sp³-hybridized carbons (Fsp3) is 0.125. The molecule has 0 saturated heterocycles. The minimum Gasteiger partial charge on any atom is -0.327 e. The maximum Gasteiger partial charge on any atom is 0.211 e. The molecule has 2 nitrogen and oxygen atoms in total. The maximum atomic E-state index is 10.1. The summed E-state index contributed by atoms with van der Waals surface area (Å²) in [4.78, 5) is 10.1. The van der Waals surface area contributed by atoms with Gasteiger partial charge in [-0.15, -0.1) is 0 Å². The summed E-state index contributed by atoms with van der Waals surface area (Å²) in [5.41, 5.74) is 1.65. The van der Waals surface area contributed by atoms with Gasteiger partial charge >= 0.3 is 0 Å². The predicted octanol–water partition coefficient (Wildman–Crippen LogP) is 2.22. The molecular formula is C8H8ClNO. The lowest BCUT2D eigenvalue weighted by molar-refractivity contribution is -0.105. The number of carbonyl (C=O) groups excluding carboxylic acids is 1. The van der Waals surface area contributed by atoms with Gasteiger partial charge in [0, 0.05) is 0 Å². The van der Waals surface area contributed by atoms with E-state index < -0.39 is 0 Å². The van der Waals surface area contributed by atoms with E-state index in [9.17, 15) is 4.79 Å². The minimum absolute atomic E-state index is 0.567. The summed E-state index contributed by atoms with van der Waals surface area (Å²) in [6, 6.07) is 5.46. The summed E-state index contributed by atoms with van der Waals surface area (Å²) in [5, 5.41) is 3.10. The van der Waals surface area contributed by atoms with Gasteiger partial charge in [-0.1, -0.05) is 23.7 Å². The second kappa shape index (κ2) is 3.39. The number of rotatable bonds is 2. The number of hydrogen-bond donors (Lipinski definition) is 1. The van der Waals surface area contributed by atoms with Crippen molar-refractivity contribution in [3.05, 3.63) is 28.8 Å². The van der Waals surface area contributed by atoms with Gasteiger partial charge in [0.25, 0.3) is 0 Å². The van der Waals surface area contributed by atoms with Crippen molar-refractivity contribution in [1.82, 2.24) is 0 Å². The Balaban J connectivity index is 3.09. The van der Waals surface area contributed by atoms with Crippen LogP contribution in [-0.4, -0.2) is 6.41 Å². The molecule has 0 aliphatic rings. The number of carbonyl (C=O) groups is 1. The monoisotopic (exact) mass is 169 g/mol. The van der Waals surface area contributed by atoms with Gasteiger partial charge in [-0.3, -0.25) is 4.79 Å². The Bertz CT molecular complexity index is 253. The normalized spacial score (nSPS) is 9.27. The van der Waals surface area contributed by atoms with E-state index in [1.54, 1.807) is 6.07 Å². The highest BCUT2D eigenvalue weighted by molar-refractivity contribution is 6.33. The van der Waals surface area contributed by atoms with Gasteiger partial charge in [0.15, 0.2) is 0 Å². The lowest BCUT2D eigenvalue weighted by Crippen LogP contribution is -1.96. The average Bonchev–Trinajstić information content (AvgIpc) is 1.97. The fourth-order valence-electron chi connectivity index (χ4n) is 0.874. The number of amides is 1. The van der Waals surface area contributed by atoms with E-state index in [0.29, 0.717) is 17.1 Å². The molecule has 1 rings (SSSR count). The fourth-order valence-corrected chi connectivity index (χ4v) is 1.15. The average molecular weight is 170 g/mol. The molecule has 0 radical (unpaired) electrons. The van der Waals surface area contributed by atoms with Crippen LogP contribution in [0.15, 0.2) is 18.2 Å². The van der Waals surface area contributed by atoms with Crippen LogP contribution < -0.4 is 5.32 Å². The Morgan fingerprint density at radius 3 is 2.82 bits per heavy atom. The predicted molar refractivity (Wildman–Crippen MR) is 45.9 cm³/mol. The standard InChI is InChI=1S/C8H8ClNO/c1-6-3-2-4-7(9)8(6)10-5-11/h2-5H,1H3,(H,10,11). The molecule has 0 aliphatic carbocycles. The number of para-hydroxylation sites is 1. The molecule has 0 atom stereocenters. The molecule has 0 heterocycles. The summed E-state index contributed by atoms with van der Waals surface area (Å²) >= 11 is 5.79. The zero-order chi connectivity index (χ0) is 8.27. The number of aryl methyl sites for hydroxylation is 1. The summed E-state index contributed by atoms with van der Waals surface area (Å²) < 4.78 is 0. The van der Waals surface area contributed by atoms with Gasteiger partial charge in [0.2, 0.25) is 6.41 Å². The number of hydrogen-bond acceptors (Lipinski definition) is 1. The van der Waals surface area contributed by atoms with Crippen molar-refractivity contribution >= 4 is 23.7 Å². The molecule has 0 saturated carbocycles. The molecule has 58 valence electrons. The van der Waals surface area contributed by atoms with E-state index >= 15 is 0 Å². The van der Waals surface area contributed by atoms with Crippen LogP contribution in [0.1, 0.15) is 5.56 Å². The molecule has 3 heteroatoms. The first-order chi connectivity index (χ1) is 5.25. The van der Waals surface area contributed by atoms with Gasteiger partial charge in [-0.05, 0) is 18.6 Å². The van der Waals surface area contributed by atoms with Crippen LogP contribution in [0.25, 0.3) is 0 Å². The Morgan fingerprint density at radius 2 is 2.27 bits per heavy atom. The van der Waals surface area contributed by atoms with Crippen LogP contribution in [-0.2, 0) is 4.79 Å². The van der Waals surface area contributed by atoms with Gasteiger partial charge < -0.3 is 5.32 Å². The van der Waals surface area contributed by atoms with Crippen LogP contribution in [0, 0.1) is 6.92 Å². The van der Waals surface area contributed by atoms with E-state index in [-0.39, 0.29) is 0 Å². The highest BCUT2D eigenvalue weighted by Gasteiger charge is 2.00. The number of nitrogens with one attached hydrogen (secondary N) is 1. The van der Waals surface area contributed by atoms with Gasteiger partial charge in [0.1, 0.15) is 0 Å². The third-order valence-corrected chi connectivity index (χ3v) is 1.74. The van der Waals surface area contributed by atoms with E-state index in [2.05, 4.69) is 5.32 Å². The molecule has 1 aromatic carbocycles. The topological polar surface area (TPSA) is 29.1 Å². The molecule has 11 heavy (non-hydrogen) atoms. The summed E-state index contributed by atoms with van der Waals surface area (Å²) in [6.07, 6.45) is 0.619. The minimum atomic E-state index is 0.567. The van der Waals surface area contributed by atoms with Crippen molar-refractivity contribution in [2.45, 2.75) is 6.92 Å². The van der Waals surface area contributed by atoms with Gasteiger partial charge in [0.05, 0.1) is 10.7 Å². The van der Waals surface area contributed by atoms with Crippen molar-refractivity contribution in [1.29, 1.82) is 0 Å². The van der Waals surface area contributed by atoms with Crippen LogP contribution in [0.2, 0.25) is 5.02 Å². The van der Waals surface area contributed by atoms with E-state index in [0.717, 1.165) is 5.56 Å². The zero-order valence-electron chi connectivity index (χ0n) is 6.10. The first-order valence-corrected chi connectivity index (χ1v) is 3.59. The molecule has 1 amide bonds. The van der Waals surface area contributed by atoms with E-state index in [1.165, 1.54) is 0 Å². The zero-order valence-corrected chi connectivity index (χ0v) is 6.85. The van der Waals surface area contributed by atoms with Crippen LogP contribution in [0.5, 0.6) is 0 Å². The van der Waals surface area contributed by atoms with Crippen molar-refractivity contribution in [3.63, 3.8) is 0 Å². The summed E-state index contributed by atoms with van der Waals surface area (Å²) in [5.74, 6) is 0. The summed E-state index contributed by atoms with van der Waals surface area (Å²) in [6.45, 7) is 1.89. The molecule has 0 unspecified atom stereocenters. The second-order valence-electron chi connectivity index (χ2n) is 2.19. The SMILES string of the molecule is Cc1cccc(Cl)c1NC=O. The van der Waals surface area contributed by atoms with Crippen molar-refractivity contribution in [3.8, 4) is 0 Å².